The van der Waals surface area contributed by atoms with Crippen LogP contribution < -0.4 is 0 Å². The van der Waals surface area contributed by atoms with Crippen molar-refractivity contribution in [3.63, 3.8) is 0 Å². The molecule has 0 bridgehead atoms. The van der Waals surface area contributed by atoms with E-state index in [1.54, 1.807) is 0 Å². The van der Waals surface area contributed by atoms with Crippen LogP contribution in [0, 0.1) is 11.3 Å². The Balaban J connectivity index is 2.42. The normalized spacial score (nSPS) is 26.7. The summed E-state index contributed by atoms with van der Waals surface area (Å²) in [5, 5.41) is -0.0654. The first-order chi connectivity index (χ1) is 5.47. The monoisotopic (exact) mass is 208 g/mol. The molecular formula is C8H10Cl2O2. The molecule has 1 fully saturated rings. The van der Waals surface area contributed by atoms with E-state index in [2.05, 4.69) is 0 Å². The van der Waals surface area contributed by atoms with Crippen molar-refractivity contribution in [1.82, 2.24) is 0 Å². The fraction of sp³-hybridized carbons (Fsp3) is 0.625. The smallest absolute Gasteiger partial charge is 0.315 e. The highest BCUT2D eigenvalue weighted by atomic mass is 35.5. The molecule has 0 N–H and O–H groups in total. The van der Waals surface area contributed by atoms with Gasteiger partial charge < -0.3 is 4.74 Å². The standard InChI is InChI=1S/C8H10Cl2O2/c1-8(2)3-5(8)7(11)12-6(10)4-9/h4-5H,3H2,1-2H3. The maximum atomic E-state index is 11.2. The predicted molar refractivity (Wildman–Crippen MR) is 47.8 cm³/mol. The minimum atomic E-state index is -0.290. The largest absolute Gasteiger partial charge is 0.413 e. The van der Waals surface area contributed by atoms with E-state index in [1.165, 1.54) is 0 Å². The second-order valence-electron chi connectivity index (χ2n) is 3.58. The van der Waals surface area contributed by atoms with E-state index in [0.29, 0.717) is 0 Å². The molecule has 2 nitrogen and oxygen atoms in total. The number of hydrogen-bond acceptors (Lipinski definition) is 2. The van der Waals surface area contributed by atoms with Crippen molar-refractivity contribution in [2.24, 2.45) is 11.3 Å². The summed E-state index contributed by atoms with van der Waals surface area (Å²) < 4.78 is 4.71. The van der Waals surface area contributed by atoms with Crippen molar-refractivity contribution >= 4 is 29.2 Å². The Morgan fingerprint density at radius 3 is 2.50 bits per heavy atom. The van der Waals surface area contributed by atoms with Crippen molar-refractivity contribution in [1.29, 1.82) is 0 Å². The number of esters is 1. The van der Waals surface area contributed by atoms with Gasteiger partial charge in [-0.2, -0.15) is 0 Å². The van der Waals surface area contributed by atoms with Gasteiger partial charge in [-0.15, -0.1) is 0 Å². The van der Waals surface area contributed by atoms with Crippen LogP contribution in [0.25, 0.3) is 0 Å². The number of halogens is 2. The van der Waals surface area contributed by atoms with Gasteiger partial charge in [0, 0.05) is 0 Å². The van der Waals surface area contributed by atoms with Gasteiger partial charge in [0.25, 0.3) is 0 Å². The van der Waals surface area contributed by atoms with Crippen LogP contribution >= 0.6 is 23.2 Å². The van der Waals surface area contributed by atoms with Crippen LogP contribution in [-0.4, -0.2) is 5.97 Å². The fourth-order valence-corrected chi connectivity index (χ4v) is 1.18. The molecule has 1 atom stereocenters. The summed E-state index contributed by atoms with van der Waals surface area (Å²) >= 11 is 10.6. The Kier molecular flexibility index (Phi) is 2.69. The third-order valence-corrected chi connectivity index (χ3v) is 2.58. The van der Waals surface area contributed by atoms with Gasteiger partial charge in [0.1, 0.15) is 0 Å². The Labute approximate surface area is 81.5 Å². The number of carbonyl (C=O) groups excluding carboxylic acids is 1. The summed E-state index contributed by atoms with van der Waals surface area (Å²) in [5.74, 6) is -0.315. The lowest BCUT2D eigenvalue weighted by molar-refractivity contribution is -0.140. The summed E-state index contributed by atoms with van der Waals surface area (Å²) in [6.07, 6.45) is 0.859. The highest BCUT2D eigenvalue weighted by molar-refractivity contribution is 6.35. The second kappa shape index (κ2) is 3.27. The van der Waals surface area contributed by atoms with Crippen LogP contribution in [0.3, 0.4) is 0 Å². The van der Waals surface area contributed by atoms with Gasteiger partial charge in [-0.25, -0.2) is 0 Å². The van der Waals surface area contributed by atoms with Crippen LogP contribution in [0.2, 0.25) is 0 Å². The third kappa shape index (κ3) is 2.14. The minimum Gasteiger partial charge on any atom is -0.413 e. The summed E-state index contributed by atoms with van der Waals surface area (Å²) in [6, 6.07) is 0. The molecule has 1 saturated carbocycles. The zero-order valence-electron chi connectivity index (χ0n) is 6.93. The first kappa shape index (κ1) is 9.87. The van der Waals surface area contributed by atoms with Crippen molar-refractivity contribution in [2.45, 2.75) is 20.3 Å². The molecule has 0 spiro atoms. The van der Waals surface area contributed by atoms with Gasteiger partial charge in [0.2, 0.25) is 5.22 Å². The van der Waals surface area contributed by atoms with Gasteiger partial charge in [-0.1, -0.05) is 25.4 Å². The zero-order chi connectivity index (χ0) is 9.35. The van der Waals surface area contributed by atoms with E-state index < -0.39 is 0 Å². The van der Waals surface area contributed by atoms with Crippen molar-refractivity contribution in [3.05, 3.63) is 10.8 Å². The fourth-order valence-electron chi connectivity index (χ4n) is 1.06. The number of hydrogen-bond donors (Lipinski definition) is 0. The SMILES string of the molecule is CC1(C)CC1C(=O)OC(Cl)=CCl. The molecule has 0 radical (unpaired) electrons. The first-order valence-corrected chi connectivity index (χ1v) is 4.46. The maximum Gasteiger partial charge on any atom is 0.315 e. The van der Waals surface area contributed by atoms with E-state index in [1.807, 2.05) is 13.8 Å². The zero-order valence-corrected chi connectivity index (χ0v) is 8.45. The second-order valence-corrected chi connectivity index (χ2v) is 4.17. The minimum absolute atomic E-state index is 0.0251. The Bertz CT molecular complexity index is 233. The topological polar surface area (TPSA) is 26.3 Å². The Morgan fingerprint density at radius 1 is 1.67 bits per heavy atom. The van der Waals surface area contributed by atoms with Crippen LogP contribution in [0.4, 0.5) is 0 Å². The highest BCUT2D eigenvalue weighted by Crippen LogP contribution is 2.52. The Hall–Kier alpha value is -0.210. The quantitative estimate of drug-likeness (QED) is 0.516. The van der Waals surface area contributed by atoms with Crippen LogP contribution in [0.15, 0.2) is 10.8 Å². The molecule has 12 heavy (non-hydrogen) atoms. The molecular weight excluding hydrogens is 199 g/mol. The van der Waals surface area contributed by atoms with Crippen LogP contribution in [0.1, 0.15) is 20.3 Å². The molecule has 1 aliphatic rings. The highest BCUT2D eigenvalue weighted by Gasteiger charge is 2.52. The molecule has 1 aliphatic carbocycles. The van der Waals surface area contributed by atoms with E-state index in [9.17, 15) is 4.79 Å². The molecule has 68 valence electrons. The van der Waals surface area contributed by atoms with Crippen molar-refractivity contribution in [2.75, 3.05) is 0 Å². The first-order valence-electron chi connectivity index (χ1n) is 3.65. The molecule has 1 unspecified atom stereocenters. The molecule has 0 saturated heterocycles. The third-order valence-electron chi connectivity index (χ3n) is 2.08. The van der Waals surface area contributed by atoms with E-state index in [-0.39, 0.29) is 22.5 Å². The summed E-state index contributed by atoms with van der Waals surface area (Å²) in [4.78, 5) is 11.2. The molecule has 0 aromatic heterocycles. The molecule has 0 aliphatic heterocycles. The molecule has 1 rings (SSSR count). The van der Waals surface area contributed by atoms with Crippen molar-refractivity contribution in [3.8, 4) is 0 Å². The molecule has 0 amide bonds. The Morgan fingerprint density at radius 2 is 2.17 bits per heavy atom. The van der Waals surface area contributed by atoms with E-state index in [4.69, 9.17) is 27.9 Å². The lowest BCUT2D eigenvalue weighted by atomic mass is 10.1. The maximum absolute atomic E-state index is 11.2. The van der Waals surface area contributed by atoms with Gasteiger partial charge in [-0.05, 0) is 23.4 Å². The lowest BCUT2D eigenvalue weighted by Crippen LogP contribution is -2.08. The van der Waals surface area contributed by atoms with Gasteiger partial charge in [-0.3, -0.25) is 4.79 Å². The average molecular weight is 209 g/mol. The molecule has 4 heteroatoms. The van der Waals surface area contributed by atoms with Crippen molar-refractivity contribution < 1.29 is 9.53 Å². The summed E-state index contributed by atoms with van der Waals surface area (Å²) in [7, 11) is 0. The molecule has 0 aromatic carbocycles. The average Bonchev–Trinajstić information content (AvgIpc) is 2.59. The van der Waals surface area contributed by atoms with Gasteiger partial charge >= 0.3 is 5.97 Å². The lowest BCUT2D eigenvalue weighted by Gasteiger charge is -2.02. The summed E-state index contributed by atoms with van der Waals surface area (Å²) in [6.45, 7) is 4.02. The van der Waals surface area contributed by atoms with Gasteiger partial charge in [0.15, 0.2) is 0 Å². The van der Waals surface area contributed by atoms with E-state index >= 15 is 0 Å². The van der Waals surface area contributed by atoms with Gasteiger partial charge in [0.05, 0.1) is 11.5 Å². The molecule has 0 heterocycles. The van der Waals surface area contributed by atoms with Crippen LogP contribution in [-0.2, 0) is 9.53 Å². The molecule has 0 aromatic rings. The number of rotatable bonds is 2. The van der Waals surface area contributed by atoms with Crippen LogP contribution in [0.5, 0.6) is 0 Å². The number of ether oxygens (including phenoxy) is 1. The predicted octanol–water partition coefficient (Wildman–Crippen LogP) is 2.85. The van der Waals surface area contributed by atoms with E-state index in [0.717, 1.165) is 12.0 Å². The number of carbonyl (C=O) groups is 1. The summed E-state index contributed by atoms with van der Waals surface area (Å²) in [5.41, 5.74) is 1.11.